The quantitative estimate of drug-likeness (QED) is 0.540. The number of aryl methyl sites for hydroxylation is 1. The maximum atomic E-state index is 10.00. The topological polar surface area (TPSA) is 120 Å². The van der Waals surface area contributed by atoms with Gasteiger partial charge in [0, 0.05) is 5.41 Å². The lowest BCUT2D eigenvalue weighted by Crippen LogP contribution is -2.32. The fourth-order valence-electron chi connectivity index (χ4n) is 1.38. The number of nitrogens with zero attached hydrogens (tertiary/aromatic N) is 2. The van der Waals surface area contributed by atoms with Crippen LogP contribution in [0.15, 0.2) is 28.2 Å². The highest BCUT2D eigenvalue weighted by atomic mass is 16.3. The summed E-state index contributed by atoms with van der Waals surface area (Å²) in [6.07, 6.45) is 3.43. The SMILES string of the molecule is CCC(CO)(CO)CO.Cc1ccc(N=C=O)cc1N=C=O. The lowest BCUT2D eigenvalue weighted by molar-refractivity contribution is 0.00304. The Bertz CT molecular complexity index is 540. The van der Waals surface area contributed by atoms with Crippen LogP contribution < -0.4 is 0 Å². The molecule has 1 rings (SSSR count). The third-order valence-electron chi connectivity index (χ3n) is 3.29. The van der Waals surface area contributed by atoms with E-state index in [-0.39, 0.29) is 19.8 Å². The fraction of sp³-hybridized carbons (Fsp3) is 0.467. The Morgan fingerprint density at radius 1 is 1.05 bits per heavy atom. The van der Waals surface area contributed by atoms with E-state index in [0.29, 0.717) is 17.8 Å². The Labute approximate surface area is 128 Å². The predicted molar refractivity (Wildman–Crippen MR) is 80.7 cm³/mol. The van der Waals surface area contributed by atoms with Crippen molar-refractivity contribution in [1.29, 1.82) is 0 Å². The molecular weight excluding hydrogens is 288 g/mol. The van der Waals surface area contributed by atoms with Crippen molar-refractivity contribution < 1.29 is 24.9 Å². The molecule has 120 valence electrons. The molecule has 1 aromatic rings. The Balaban J connectivity index is 0.000000433. The molecule has 1 aromatic carbocycles. The number of isocyanates is 2. The molecule has 0 aliphatic heterocycles. The van der Waals surface area contributed by atoms with E-state index in [9.17, 15) is 9.59 Å². The first-order valence-electron chi connectivity index (χ1n) is 6.61. The molecule has 0 radical (unpaired) electrons. The van der Waals surface area contributed by atoms with E-state index in [1.807, 2.05) is 6.92 Å². The van der Waals surface area contributed by atoms with Crippen molar-refractivity contribution in [3.8, 4) is 0 Å². The summed E-state index contributed by atoms with van der Waals surface area (Å²) in [5.74, 6) is 0. The van der Waals surface area contributed by atoms with Crippen LogP contribution in [-0.4, -0.2) is 47.3 Å². The molecule has 7 nitrogen and oxygen atoms in total. The molecule has 0 saturated carbocycles. The first kappa shape index (κ1) is 19.9. The van der Waals surface area contributed by atoms with Crippen molar-refractivity contribution in [3.05, 3.63) is 23.8 Å². The fourth-order valence-corrected chi connectivity index (χ4v) is 1.38. The van der Waals surface area contributed by atoms with E-state index in [1.165, 1.54) is 18.2 Å². The number of rotatable bonds is 6. The van der Waals surface area contributed by atoms with E-state index >= 15 is 0 Å². The summed E-state index contributed by atoms with van der Waals surface area (Å²) in [5, 5.41) is 26.0. The van der Waals surface area contributed by atoms with Gasteiger partial charge in [-0.15, -0.1) is 0 Å². The zero-order chi connectivity index (χ0) is 17.0. The maximum Gasteiger partial charge on any atom is 0.240 e. The van der Waals surface area contributed by atoms with Crippen molar-refractivity contribution in [2.24, 2.45) is 15.4 Å². The van der Waals surface area contributed by atoms with Crippen LogP contribution in [0.25, 0.3) is 0 Å². The summed E-state index contributed by atoms with van der Waals surface area (Å²) >= 11 is 0. The number of hydrogen-bond donors (Lipinski definition) is 3. The molecule has 0 unspecified atom stereocenters. The van der Waals surface area contributed by atoms with Gasteiger partial charge >= 0.3 is 0 Å². The molecule has 0 saturated heterocycles. The van der Waals surface area contributed by atoms with Crippen molar-refractivity contribution >= 4 is 23.5 Å². The second-order valence-electron chi connectivity index (χ2n) is 4.70. The molecule has 7 heteroatoms. The van der Waals surface area contributed by atoms with Crippen LogP contribution >= 0.6 is 0 Å². The van der Waals surface area contributed by atoms with E-state index < -0.39 is 5.41 Å². The average molecular weight is 308 g/mol. The molecule has 0 bridgehead atoms. The van der Waals surface area contributed by atoms with E-state index in [0.717, 1.165) is 5.56 Å². The molecule has 0 atom stereocenters. The van der Waals surface area contributed by atoms with Crippen LogP contribution in [0, 0.1) is 12.3 Å². The first-order valence-corrected chi connectivity index (χ1v) is 6.61. The number of aliphatic hydroxyl groups excluding tert-OH is 3. The van der Waals surface area contributed by atoms with Crippen molar-refractivity contribution in [3.63, 3.8) is 0 Å². The van der Waals surface area contributed by atoms with Gasteiger partial charge in [0.05, 0.1) is 31.2 Å². The Kier molecular flexibility index (Phi) is 9.54. The molecule has 22 heavy (non-hydrogen) atoms. The van der Waals surface area contributed by atoms with Gasteiger partial charge in [-0.3, -0.25) is 0 Å². The molecule has 0 heterocycles. The van der Waals surface area contributed by atoms with Gasteiger partial charge in [0.2, 0.25) is 12.2 Å². The number of benzene rings is 1. The van der Waals surface area contributed by atoms with E-state index in [4.69, 9.17) is 15.3 Å². The third-order valence-corrected chi connectivity index (χ3v) is 3.29. The van der Waals surface area contributed by atoms with Gasteiger partial charge in [-0.2, -0.15) is 9.98 Å². The van der Waals surface area contributed by atoms with Crippen molar-refractivity contribution in [2.75, 3.05) is 19.8 Å². The number of hydrogen-bond acceptors (Lipinski definition) is 7. The van der Waals surface area contributed by atoms with E-state index in [1.54, 1.807) is 19.1 Å². The van der Waals surface area contributed by atoms with Gasteiger partial charge in [-0.25, -0.2) is 9.59 Å². The van der Waals surface area contributed by atoms with Gasteiger partial charge in [-0.05, 0) is 31.0 Å². The summed E-state index contributed by atoms with van der Waals surface area (Å²) < 4.78 is 0. The second kappa shape index (κ2) is 10.6. The summed E-state index contributed by atoms with van der Waals surface area (Å²) in [4.78, 5) is 26.8. The smallest absolute Gasteiger partial charge is 0.240 e. The highest BCUT2D eigenvalue weighted by Gasteiger charge is 2.24. The van der Waals surface area contributed by atoms with Crippen LogP contribution in [0.2, 0.25) is 0 Å². The standard InChI is InChI=1S/C9H6N2O2.C6H14O3/c1-7-2-3-8(10-5-12)4-9(7)11-6-13;1-2-6(3-7,4-8)5-9/h2-4H,1H3;7-9H,2-5H2,1H3. The molecule has 0 aromatic heterocycles. The molecule has 0 spiro atoms. The van der Waals surface area contributed by atoms with Gasteiger partial charge < -0.3 is 15.3 Å². The minimum Gasteiger partial charge on any atom is -0.396 e. The molecule has 3 N–H and O–H groups in total. The number of aliphatic imine (C=N–C) groups is 2. The van der Waals surface area contributed by atoms with Crippen molar-refractivity contribution in [2.45, 2.75) is 20.3 Å². The molecule has 0 fully saturated rings. The first-order chi connectivity index (χ1) is 10.5. The van der Waals surface area contributed by atoms with Crippen LogP contribution in [0.1, 0.15) is 18.9 Å². The highest BCUT2D eigenvalue weighted by molar-refractivity contribution is 5.61. The van der Waals surface area contributed by atoms with Crippen molar-refractivity contribution in [1.82, 2.24) is 0 Å². The minimum atomic E-state index is -0.667. The molecule has 0 aliphatic carbocycles. The lowest BCUT2D eigenvalue weighted by atomic mass is 9.88. The molecule has 0 aliphatic rings. The average Bonchev–Trinajstić information content (AvgIpc) is 2.55. The predicted octanol–water partition coefficient (Wildman–Crippen LogP) is 1.29. The largest absolute Gasteiger partial charge is 0.396 e. The maximum absolute atomic E-state index is 10.00. The number of carbonyl (C=O) groups excluding carboxylic acids is 2. The van der Waals surface area contributed by atoms with Crippen LogP contribution in [-0.2, 0) is 9.59 Å². The normalized spacial score (nSPS) is 9.86. The zero-order valence-electron chi connectivity index (χ0n) is 12.6. The van der Waals surface area contributed by atoms with Gasteiger partial charge in [-0.1, -0.05) is 13.0 Å². The summed E-state index contributed by atoms with van der Waals surface area (Å²) in [6, 6.07) is 4.88. The summed E-state index contributed by atoms with van der Waals surface area (Å²) in [6.45, 7) is 3.15. The van der Waals surface area contributed by atoms with Crippen LogP contribution in [0.4, 0.5) is 11.4 Å². The highest BCUT2D eigenvalue weighted by Crippen LogP contribution is 2.23. The van der Waals surface area contributed by atoms with Gasteiger partial charge in [0.1, 0.15) is 0 Å². The Hall–Kier alpha value is -2.14. The minimum absolute atomic E-state index is 0.156. The summed E-state index contributed by atoms with van der Waals surface area (Å²) in [7, 11) is 0. The molecular formula is C15H20N2O5. The lowest BCUT2D eigenvalue weighted by Gasteiger charge is -2.24. The number of aliphatic hydroxyl groups is 3. The third kappa shape index (κ3) is 6.10. The molecule has 0 amide bonds. The Morgan fingerprint density at radius 3 is 1.95 bits per heavy atom. The van der Waals surface area contributed by atoms with Gasteiger partial charge in [0.15, 0.2) is 0 Å². The second-order valence-corrected chi connectivity index (χ2v) is 4.70. The van der Waals surface area contributed by atoms with Gasteiger partial charge in [0.25, 0.3) is 0 Å². The van der Waals surface area contributed by atoms with E-state index in [2.05, 4.69) is 9.98 Å². The monoisotopic (exact) mass is 308 g/mol. The van der Waals surface area contributed by atoms with Crippen LogP contribution in [0.3, 0.4) is 0 Å². The summed E-state index contributed by atoms with van der Waals surface area (Å²) in [5.41, 5.74) is 1.05. The van der Waals surface area contributed by atoms with Crippen LogP contribution in [0.5, 0.6) is 0 Å². The zero-order valence-corrected chi connectivity index (χ0v) is 12.6. The Morgan fingerprint density at radius 2 is 1.59 bits per heavy atom.